The molecule has 2 unspecified atom stereocenters. The number of hydrogen-bond donors (Lipinski definition) is 9. The Balaban J connectivity index is 1.70. The zero-order chi connectivity index (χ0) is 46.5. The minimum atomic E-state index is -1.99. The summed E-state index contributed by atoms with van der Waals surface area (Å²) in [6.07, 6.45) is -7.36. The van der Waals surface area contributed by atoms with Gasteiger partial charge in [0.1, 0.15) is 42.8 Å². The lowest BCUT2D eigenvalue weighted by Crippen LogP contribution is -2.61. The fourth-order valence-corrected chi connectivity index (χ4v) is 5.92. The van der Waals surface area contributed by atoms with Crippen LogP contribution >= 0.6 is 0 Å². The standard InChI is InChI=1S/C39H57BN6O16/c1-38(2,3)60-19-39(4,5)36(57)43-14-7-6-8-21(45-33(54)23(17-41)46-26(48)11-12-27(46)49)32(53)42-15-13-25(47)44-22-16-20(18-59-37(40)58)9-10-24(22)61-35-30(52)28(50)29(51)31(62-35)34(55)56/h9-12,16,21,23,28-31,35,50-52H,6-8,13-15,17-19,40-41H2,1-5H3,(H,42,53)(H,43,57)(H,44,47)(H,45,54)(H,55,56)/t21?,23?,28-,29-,30+,31-,35+/m0/s1. The SMILES string of the molecule is BC(=O)OCc1ccc(O[C@@H]2O[C@H](C(=O)O)[C@@H](O)[C@H](O)[C@H]2O)c(NC(=O)CCNC(=O)C(CCCCNC(=O)C(C)(C)COC(C)(C)C)NC(=O)C(CN)N2C(=O)C=CC2=O)c1. The molecule has 0 spiro atoms. The number of ether oxygens (including phenoxy) is 4. The fourth-order valence-electron chi connectivity index (χ4n) is 5.92. The number of aliphatic hydroxyl groups is 3. The smallest absolute Gasteiger partial charge is 0.335 e. The maximum Gasteiger partial charge on any atom is 0.335 e. The van der Waals surface area contributed by atoms with Crippen molar-refractivity contribution in [3.05, 3.63) is 35.9 Å². The van der Waals surface area contributed by atoms with Crippen LogP contribution in [-0.2, 0) is 54.4 Å². The topological polar surface area (TPSA) is 332 Å². The van der Waals surface area contributed by atoms with E-state index in [2.05, 4.69) is 21.3 Å². The number of aliphatic hydroxyl groups excluding tert-OH is 3. The summed E-state index contributed by atoms with van der Waals surface area (Å²) in [6.45, 7) is 8.57. The molecule has 23 heteroatoms. The van der Waals surface area contributed by atoms with Gasteiger partial charge in [-0.15, -0.1) is 0 Å². The summed E-state index contributed by atoms with van der Waals surface area (Å²) in [5.74, 6) is -6.52. The van der Waals surface area contributed by atoms with Crippen LogP contribution in [-0.4, -0.2) is 155 Å². The normalized spacial score (nSPS) is 21.1. The zero-order valence-corrected chi connectivity index (χ0v) is 35.5. The summed E-state index contributed by atoms with van der Waals surface area (Å²) >= 11 is 0. The van der Waals surface area contributed by atoms with Crippen molar-refractivity contribution in [1.29, 1.82) is 0 Å². The number of amides is 6. The molecule has 0 bridgehead atoms. The average Bonchev–Trinajstić information content (AvgIpc) is 3.52. The molecule has 1 saturated heterocycles. The molecule has 62 heavy (non-hydrogen) atoms. The summed E-state index contributed by atoms with van der Waals surface area (Å²) in [6, 6.07) is 1.39. The quantitative estimate of drug-likeness (QED) is 0.0331. The number of nitrogens with one attached hydrogen (secondary N) is 4. The highest BCUT2D eigenvalue weighted by molar-refractivity contribution is 6.55. The summed E-state index contributed by atoms with van der Waals surface area (Å²) in [5, 5.41) is 50.7. The molecule has 7 atom stereocenters. The molecular formula is C39H57BN6O16. The largest absolute Gasteiger partial charge is 0.479 e. The maximum atomic E-state index is 13.5. The molecule has 342 valence electrons. The number of carboxylic acids is 1. The number of hydrogen-bond acceptors (Lipinski definition) is 16. The van der Waals surface area contributed by atoms with Gasteiger partial charge in [-0.25, -0.2) is 4.79 Å². The van der Waals surface area contributed by atoms with Crippen LogP contribution in [0.15, 0.2) is 30.4 Å². The lowest BCUT2D eigenvalue weighted by atomic mass is 9.93. The molecule has 1 aromatic rings. The summed E-state index contributed by atoms with van der Waals surface area (Å²) in [5.41, 5.74) is 4.77. The van der Waals surface area contributed by atoms with E-state index in [4.69, 9.17) is 24.7 Å². The van der Waals surface area contributed by atoms with Crippen LogP contribution in [0.1, 0.15) is 65.9 Å². The number of rotatable bonds is 22. The van der Waals surface area contributed by atoms with Crippen LogP contribution < -0.4 is 31.7 Å². The molecule has 2 aliphatic heterocycles. The molecule has 2 aliphatic rings. The Bertz CT molecular complexity index is 1840. The van der Waals surface area contributed by atoms with Gasteiger partial charge in [-0.1, -0.05) is 6.07 Å². The second-order valence-corrected chi connectivity index (χ2v) is 16.3. The number of imide groups is 1. The van der Waals surface area contributed by atoms with Gasteiger partial charge in [0.05, 0.1) is 23.3 Å². The Morgan fingerprint density at radius 3 is 2.18 bits per heavy atom. The van der Waals surface area contributed by atoms with Gasteiger partial charge in [0.2, 0.25) is 43.6 Å². The second-order valence-electron chi connectivity index (χ2n) is 16.3. The summed E-state index contributed by atoms with van der Waals surface area (Å²) in [7, 11) is 1.18. The number of benzene rings is 1. The first kappa shape index (κ1) is 50.9. The molecule has 22 nitrogen and oxygen atoms in total. The van der Waals surface area contributed by atoms with Crippen molar-refractivity contribution in [3.8, 4) is 5.75 Å². The Morgan fingerprint density at radius 2 is 1.58 bits per heavy atom. The fraction of sp³-hybridized carbons (Fsp3) is 0.590. The van der Waals surface area contributed by atoms with Gasteiger partial charge in [0.25, 0.3) is 11.8 Å². The molecule has 0 radical (unpaired) electrons. The van der Waals surface area contributed by atoms with Gasteiger partial charge in [-0.3, -0.25) is 38.5 Å². The van der Waals surface area contributed by atoms with E-state index in [1.54, 1.807) is 13.8 Å². The Labute approximate surface area is 358 Å². The Kier molecular flexibility index (Phi) is 18.5. The van der Waals surface area contributed by atoms with Crippen molar-refractivity contribution in [2.45, 2.75) is 115 Å². The summed E-state index contributed by atoms with van der Waals surface area (Å²) in [4.78, 5) is 101. The number of unbranched alkanes of at least 4 members (excludes halogenated alkanes) is 1. The monoisotopic (exact) mass is 876 g/mol. The van der Waals surface area contributed by atoms with Crippen molar-refractivity contribution < 1.29 is 77.7 Å². The minimum Gasteiger partial charge on any atom is -0.479 e. The molecule has 2 heterocycles. The minimum absolute atomic E-state index is 0.0347. The predicted molar refractivity (Wildman–Crippen MR) is 218 cm³/mol. The number of carbonyl (C=O) groups is 8. The highest BCUT2D eigenvalue weighted by Crippen LogP contribution is 2.31. The van der Waals surface area contributed by atoms with E-state index in [1.807, 2.05) is 20.8 Å². The van der Waals surface area contributed by atoms with E-state index < -0.39 is 102 Å². The van der Waals surface area contributed by atoms with Gasteiger partial charge in [-0.05, 0) is 71.6 Å². The average molecular weight is 877 g/mol. The lowest BCUT2D eigenvalue weighted by molar-refractivity contribution is -0.271. The highest BCUT2D eigenvalue weighted by Gasteiger charge is 2.48. The van der Waals surface area contributed by atoms with Crippen molar-refractivity contribution in [2.75, 3.05) is 31.6 Å². The zero-order valence-electron chi connectivity index (χ0n) is 35.5. The van der Waals surface area contributed by atoms with Gasteiger partial charge in [-0.2, -0.15) is 0 Å². The number of anilines is 1. The Morgan fingerprint density at radius 1 is 0.919 bits per heavy atom. The molecule has 1 fully saturated rings. The molecule has 0 aliphatic carbocycles. The number of nitrogens with zero attached hydrogens (tertiary/aromatic N) is 1. The lowest BCUT2D eigenvalue weighted by Gasteiger charge is -2.38. The van der Waals surface area contributed by atoms with Crippen LogP contribution in [0.4, 0.5) is 10.5 Å². The summed E-state index contributed by atoms with van der Waals surface area (Å²) < 4.78 is 21.6. The van der Waals surface area contributed by atoms with E-state index in [1.165, 1.54) is 26.0 Å². The van der Waals surface area contributed by atoms with E-state index in [-0.39, 0.29) is 56.5 Å². The van der Waals surface area contributed by atoms with Crippen molar-refractivity contribution in [1.82, 2.24) is 20.9 Å². The van der Waals surface area contributed by atoms with E-state index >= 15 is 0 Å². The highest BCUT2D eigenvalue weighted by atomic mass is 16.7. The predicted octanol–water partition coefficient (Wildman–Crippen LogP) is -2.46. The third-order valence-corrected chi connectivity index (χ3v) is 9.47. The third-order valence-electron chi connectivity index (χ3n) is 9.47. The molecule has 10 N–H and O–H groups in total. The van der Waals surface area contributed by atoms with Gasteiger partial charge < -0.3 is 66.4 Å². The Hall–Kier alpha value is -5.46. The molecular weight excluding hydrogens is 819 g/mol. The van der Waals surface area contributed by atoms with Gasteiger partial charge in [0, 0.05) is 38.2 Å². The number of carboxylic acid groups (broad SMARTS) is 1. The van der Waals surface area contributed by atoms with Crippen LogP contribution in [0.5, 0.6) is 5.75 Å². The molecule has 1 aromatic carbocycles. The van der Waals surface area contributed by atoms with E-state index in [9.17, 15) is 58.8 Å². The van der Waals surface area contributed by atoms with E-state index in [0.717, 1.165) is 12.2 Å². The molecule has 6 amide bonds. The van der Waals surface area contributed by atoms with Crippen molar-refractivity contribution in [3.63, 3.8) is 0 Å². The third kappa shape index (κ3) is 14.9. The molecule has 0 saturated carbocycles. The van der Waals surface area contributed by atoms with Crippen LogP contribution in [0.2, 0.25) is 0 Å². The molecule has 0 aromatic heterocycles. The van der Waals surface area contributed by atoms with E-state index in [0.29, 0.717) is 23.3 Å². The van der Waals surface area contributed by atoms with Gasteiger partial charge >= 0.3 is 5.97 Å². The first-order valence-corrected chi connectivity index (χ1v) is 19.9. The second kappa shape index (κ2) is 22.6. The van der Waals surface area contributed by atoms with Gasteiger partial charge in [0.15, 0.2) is 6.10 Å². The molecule has 3 rings (SSSR count). The van der Waals surface area contributed by atoms with Crippen molar-refractivity contribution >= 4 is 60.8 Å². The van der Waals surface area contributed by atoms with Crippen LogP contribution in [0, 0.1) is 5.41 Å². The first-order valence-electron chi connectivity index (χ1n) is 19.9. The van der Waals surface area contributed by atoms with Crippen LogP contribution in [0.25, 0.3) is 0 Å². The number of nitrogens with two attached hydrogens (primary N) is 1. The van der Waals surface area contributed by atoms with Crippen LogP contribution in [0.3, 0.4) is 0 Å². The first-order chi connectivity index (χ1) is 28.9. The maximum absolute atomic E-state index is 13.5. The number of aliphatic carboxylic acids is 1. The number of carbonyl (C=O) groups excluding carboxylic acids is 7. The van der Waals surface area contributed by atoms with Crippen molar-refractivity contribution in [2.24, 2.45) is 11.1 Å².